The van der Waals surface area contributed by atoms with Gasteiger partial charge >= 0.3 is 12.2 Å². The number of urea groups is 1. The monoisotopic (exact) mass is 494 g/mol. The predicted molar refractivity (Wildman–Crippen MR) is 118 cm³/mol. The molecule has 35 heavy (non-hydrogen) atoms. The van der Waals surface area contributed by atoms with Crippen LogP contribution in [-0.2, 0) is 4.79 Å². The van der Waals surface area contributed by atoms with Crippen LogP contribution in [0.2, 0.25) is 0 Å². The van der Waals surface area contributed by atoms with Crippen molar-refractivity contribution in [3.8, 4) is 11.3 Å². The van der Waals surface area contributed by atoms with Gasteiger partial charge in [-0.2, -0.15) is 13.2 Å². The van der Waals surface area contributed by atoms with Crippen molar-refractivity contribution in [2.75, 3.05) is 23.7 Å². The number of amides is 3. The Hall–Kier alpha value is -3.74. The normalized spacial score (nSPS) is 15.8. The van der Waals surface area contributed by atoms with E-state index in [-0.39, 0.29) is 28.8 Å². The lowest BCUT2D eigenvalue weighted by Gasteiger charge is -2.27. The van der Waals surface area contributed by atoms with E-state index in [0.717, 1.165) is 26.0 Å². The Balaban J connectivity index is 1.57. The third-order valence-electron chi connectivity index (χ3n) is 5.81. The smallest absolute Gasteiger partial charge is 0.373 e. The highest BCUT2D eigenvalue weighted by Crippen LogP contribution is 2.34. The summed E-state index contributed by atoms with van der Waals surface area (Å²) in [5.74, 6) is -2.17. The molecule has 3 heterocycles. The van der Waals surface area contributed by atoms with Crippen LogP contribution in [0.4, 0.5) is 33.7 Å². The minimum atomic E-state index is -5.17. The van der Waals surface area contributed by atoms with Gasteiger partial charge in [0.15, 0.2) is 0 Å². The van der Waals surface area contributed by atoms with E-state index in [2.05, 4.69) is 15.3 Å². The van der Waals surface area contributed by atoms with Gasteiger partial charge in [0.25, 0.3) is 5.91 Å². The third-order valence-corrected chi connectivity index (χ3v) is 5.81. The number of alkyl halides is 3. The molecule has 1 aliphatic rings. The Labute approximate surface area is 196 Å². The lowest BCUT2D eigenvalue weighted by molar-refractivity contribution is -0.249. The molecule has 0 bridgehead atoms. The minimum absolute atomic E-state index is 0.0673. The molecule has 1 aliphatic heterocycles. The van der Waals surface area contributed by atoms with Gasteiger partial charge in [-0.05, 0) is 37.5 Å². The van der Waals surface area contributed by atoms with E-state index >= 15 is 0 Å². The first-order valence-electron chi connectivity index (χ1n) is 10.8. The number of hydrogen-bond donors (Lipinski definition) is 3. The van der Waals surface area contributed by atoms with Crippen molar-refractivity contribution in [3.63, 3.8) is 0 Å². The van der Waals surface area contributed by atoms with Crippen molar-refractivity contribution >= 4 is 29.1 Å². The van der Waals surface area contributed by atoms with Crippen LogP contribution in [0.15, 0.2) is 36.8 Å². The van der Waals surface area contributed by atoms with E-state index in [1.54, 1.807) is 4.90 Å². The van der Waals surface area contributed by atoms with Gasteiger partial charge in [-0.3, -0.25) is 9.20 Å². The average Bonchev–Trinajstić information content (AvgIpc) is 3.48. The van der Waals surface area contributed by atoms with Crippen LogP contribution in [-0.4, -0.2) is 61.2 Å². The van der Waals surface area contributed by atoms with Crippen molar-refractivity contribution in [1.29, 1.82) is 0 Å². The molecule has 1 atom stereocenters. The molecule has 1 unspecified atom stereocenters. The Kier molecular flexibility index (Phi) is 6.36. The SMILES string of the molecule is CCC(O)(C(=O)Nc1cnc2nc(-c3cc(NC(=O)N4CCCC4)ccc3F)cn2c1)C(F)(F)F. The van der Waals surface area contributed by atoms with Gasteiger partial charge < -0.3 is 20.6 Å². The number of hydrogen-bond acceptors (Lipinski definition) is 5. The second-order valence-corrected chi connectivity index (χ2v) is 8.16. The number of halogens is 4. The molecule has 0 aliphatic carbocycles. The van der Waals surface area contributed by atoms with E-state index in [9.17, 15) is 32.3 Å². The lowest BCUT2D eigenvalue weighted by Crippen LogP contribution is -2.54. The first-order chi connectivity index (χ1) is 16.5. The summed E-state index contributed by atoms with van der Waals surface area (Å²) in [5.41, 5.74) is -3.11. The zero-order valence-electron chi connectivity index (χ0n) is 18.6. The van der Waals surface area contributed by atoms with Crippen LogP contribution in [0.1, 0.15) is 26.2 Å². The molecule has 13 heteroatoms. The zero-order chi connectivity index (χ0) is 25.4. The van der Waals surface area contributed by atoms with E-state index in [4.69, 9.17) is 0 Å². The van der Waals surface area contributed by atoms with Gasteiger partial charge in [0, 0.05) is 36.7 Å². The molecular weight excluding hydrogens is 472 g/mol. The van der Waals surface area contributed by atoms with Crippen LogP contribution < -0.4 is 10.6 Å². The molecule has 0 saturated carbocycles. The Morgan fingerprint density at radius 2 is 1.83 bits per heavy atom. The van der Waals surface area contributed by atoms with Gasteiger partial charge in [-0.1, -0.05) is 6.92 Å². The number of benzene rings is 1. The van der Waals surface area contributed by atoms with Crippen LogP contribution >= 0.6 is 0 Å². The Morgan fingerprint density at radius 3 is 2.49 bits per heavy atom. The van der Waals surface area contributed by atoms with Crippen molar-refractivity contribution in [3.05, 3.63) is 42.6 Å². The van der Waals surface area contributed by atoms with Gasteiger partial charge in [0.2, 0.25) is 11.4 Å². The van der Waals surface area contributed by atoms with Gasteiger partial charge in [-0.25, -0.2) is 19.2 Å². The number of anilines is 2. The van der Waals surface area contributed by atoms with Crippen LogP contribution in [0.25, 0.3) is 17.0 Å². The minimum Gasteiger partial charge on any atom is -0.373 e. The second kappa shape index (κ2) is 9.13. The number of carbonyl (C=O) groups is 2. The van der Waals surface area contributed by atoms with Crippen molar-refractivity contribution in [1.82, 2.24) is 19.3 Å². The number of likely N-dealkylation sites (tertiary alicyclic amines) is 1. The highest BCUT2D eigenvalue weighted by Gasteiger charge is 2.58. The molecule has 1 saturated heterocycles. The van der Waals surface area contributed by atoms with E-state index in [0.29, 0.717) is 18.8 Å². The fourth-order valence-electron chi connectivity index (χ4n) is 3.73. The summed E-state index contributed by atoms with van der Waals surface area (Å²) in [5, 5.41) is 14.5. The Bertz CT molecular complexity index is 1270. The molecule has 9 nitrogen and oxygen atoms in total. The van der Waals surface area contributed by atoms with Gasteiger partial charge in [-0.15, -0.1) is 0 Å². The molecule has 0 radical (unpaired) electrons. The number of carbonyl (C=O) groups excluding carboxylic acids is 2. The number of fused-ring (bicyclic) bond motifs is 1. The van der Waals surface area contributed by atoms with Crippen molar-refractivity contribution in [2.45, 2.75) is 38.0 Å². The van der Waals surface area contributed by atoms with Crippen LogP contribution in [0.5, 0.6) is 0 Å². The summed E-state index contributed by atoms with van der Waals surface area (Å²) in [7, 11) is 0. The number of nitrogens with one attached hydrogen (secondary N) is 2. The highest BCUT2D eigenvalue weighted by molar-refractivity contribution is 5.97. The summed E-state index contributed by atoms with van der Waals surface area (Å²) < 4.78 is 55.3. The molecule has 1 aromatic carbocycles. The molecule has 0 spiro atoms. The Morgan fingerprint density at radius 1 is 1.11 bits per heavy atom. The summed E-state index contributed by atoms with van der Waals surface area (Å²) in [6, 6.07) is 3.73. The van der Waals surface area contributed by atoms with E-state index < -0.39 is 29.9 Å². The molecular formula is C22H22F4N6O3. The average molecular weight is 494 g/mol. The van der Waals surface area contributed by atoms with Crippen LogP contribution in [0, 0.1) is 5.82 Å². The summed E-state index contributed by atoms with van der Waals surface area (Å²) in [6.07, 6.45) is -0.521. The summed E-state index contributed by atoms with van der Waals surface area (Å²) in [4.78, 5) is 34.3. The van der Waals surface area contributed by atoms with Crippen molar-refractivity contribution in [2.24, 2.45) is 0 Å². The quantitative estimate of drug-likeness (QED) is 0.467. The van der Waals surface area contributed by atoms with E-state index in [1.807, 2.05) is 5.32 Å². The largest absolute Gasteiger partial charge is 0.426 e. The third kappa shape index (κ3) is 4.76. The molecule has 4 rings (SSSR count). The molecule has 3 N–H and O–H groups in total. The maximum absolute atomic E-state index is 14.6. The van der Waals surface area contributed by atoms with Crippen molar-refractivity contribution < 1.29 is 32.3 Å². The number of aliphatic hydroxyl groups is 1. The predicted octanol–water partition coefficient (Wildman–Crippen LogP) is 3.81. The molecule has 186 valence electrons. The maximum atomic E-state index is 14.6. The highest BCUT2D eigenvalue weighted by atomic mass is 19.4. The number of imidazole rings is 1. The fourth-order valence-corrected chi connectivity index (χ4v) is 3.73. The first-order valence-corrected chi connectivity index (χ1v) is 10.8. The molecule has 1 fully saturated rings. The molecule has 2 aromatic heterocycles. The number of rotatable bonds is 5. The lowest BCUT2D eigenvalue weighted by atomic mass is 9.99. The van der Waals surface area contributed by atoms with Crippen LogP contribution in [0.3, 0.4) is 0 Å². The molecule has 3 aromatic rings. The zero-order valence-corrected chi connectivity index (χ0v) is 18.6. The topological polar surface area (TPSA) is 112 Å². The standard InChI is InChI=1S/C22H22F4N6O3/c1-2-21(35,22(24,25)26)18(33)28-14-10-27-19-30-17(12-32(19)11-14)15-9-13(5-6-16(15)23)29-20(34)31-7-3-4-8-31/h5-6,9-12,35H,2-4,7-8H2,1H3,(H,28,33)(H,29,34). The molecule has 3 amide bonds. The van der Waals surface area contributed by atoms with Gasteiger partial charge in [0.1, 0.15) is 5.82 Å². The van der Waals surface area contributed by atoms with E-state index in [1.165, 1.54) is 35.0 Å². The fraction of sp³-hybridized carbons (Fsp3) is 0.364. The summed E-state index contributed by atoms with van der Waals surface area (Å²) in [6.45, 7) is 2.33. The second-order valence-electron chi connectivity index (χ2n) is 8.16. The number of aromatic nitrogens is 3. The first kappa shape index (κ1) is 24.4. The van der Waals surface area contributed by atoms with Gasteiger partial charge in [0.05, 0.1) is 17.6 Å². The summed E-state index contributed by atoms with van der Waals surface area (Å²) >= 11 is 0. The maximum Gasteiger partial charge on any atom is 0.426 e. The number of nitrogens with zero attached hydrogens (tertiary/aromatic N) is 4.